The summed E-state index contributed by atoms with van der Waals surface area (Å²) < 4.78 is 6.04. The molecule has 0 amide bonds. The standard InChI is InChI=1S/C16H25NO/c1-12(17-4)10-16(2,3)11-14-9-13-7-5-6-8-15(13)18-14/h5-8,12,14,17H,9-11H2,1-4H3. The van der Waals surface area contributed by atoms with E-state index in [1.54, 1.807) is 0 Å². The highest BCUT2D eigenvalue weighted by Crippen LogP contribution is 2.36. The van der Waals surface area contributed by atoms with Crippen molar-refractivity contribution in [3.63, 3.8) is 0 Å². The average molecular weight is 247 g/mol. The lowest BCUT2D eigenvalue weighted by atomic mass is 9.80. The summed E-state index contributed by atoms with van der Waals surface area (Å²) in [7, 11) is 2.03. The zero-order chi connectivity index (χ0) is 13.2. The topological polar surface area (TPSA) is 21.3 Å². The van der Waals surface area contributed by atoms with E-state index >= 15 is 0 Å². The summed E-state index contributed by atoms with van der Waals surface area (Å²) in [5.74, 6) is 1.08. The van der Waals surface area contributed by atoms with Gasteiger partial charge < -0.3 is 10.1 Å². The van der Waals surface area contributed by atoms with Crippen LogP contribution in [0.5, 0.6) is 5.75 Å². The van der Waals surface area contributed by atoms with Crippen molar-refractivity contribution in [2.24, 2.45) is 5.41 Å². The van der Waals surface area contributed by atoms with Crippen molar-refractivity contribution < 1.29 is 4.74 Å². The van der Waals surface area contributed by atoms with Crippen molar-refractivity contribution in [3.8, 4) is 5.75 Å². The van der Waals surface area contributed by atoms with Gasteiger partial charge in [0.05, 0.1) is 0 Å². The number of para-hydroxylation sites is 1. The van der Waals surface area contributed by atoms with Gasteiger partial charge in [-0.3, -0.25) is 0 Å². The Bertz CT molecular complexity index is 375. The first-order valence-corrected chi connectivity index (χ1v) is 6.92. The molecule has 0 radical (unpaired) electrons. The van der Waals surface area contributed by atoms with E-state index in [0.29, 0.717) is 17.6 Å². The normalized spacial score (nSPS) is 20.3. The summed E-state index contributed by atoms with van der Waals surface area (Å²) >= 11 is 0. The highest BCUT2D eigenvalue weighted by molar-refractivity contribution is 5.37. The maximum atomic E-state index is 6.04. The molecule has 0 fully saturated rings. The van der Waals surface area contributed by atoms with E-state index in [1.807, 2.05) is 7.05 Å². The molecule has 2 unspecified atom stereocenters. The Balaban J connectivity index is 1.92. The van der Waals surface area contributed by atoms with E-state index in [9.17, 15) is 0 Å². The van der Waals surface area contributed by atoms with Gasteiger partial charge in [0.25, 0.3) is 0 Å². The maximum Gasteiger partial charge on any atom is 0.123 e. The Morgan fingerprint density at radius 1 is 1.39 bits per heavy atom. The number of nitrogens with one attached hydrogen (secondary N) is 1. The van der Waals surface area contributed by atoms with Crippen LogP contribution in [-0.4, -0.2) is 19.2 Å². The first kappa shape index (κ1) is 13.4. The highest BCUT2D eigenvalue weighted by atomic mass is 16.5. The van der Waals surface area contributed by atoms with Crippen LogP contribution in [0.2, 0.25) is 0 Å². The molecule has 1 heterocycles. The van der Waals surface area contributed by atoms with Gasteiger partial charge in [0.15, 0.2) is 0 Å². The minimum Gasteiger partial charge on any atom is -0.490 e. The highest BCUT2D eigenvalue weighted by Gasteiger charge is 2.30. The summed E-state index contributed by atoms with van der Waals surface area (Å²) in [5, 5.41) is 3.32. The van der Waals surface area contributed by atoms with Crippen molar-refractivity contribution in [3.05, 3.63) is 29.8 Å². The summed E-state index contributed by atoms with van der Waals surface area (Å²) in [5.41, 5.74) is 1.68. The van der Waals surface area contributed by atoms with E-state index in [1.165, 1.54) is 12.0 Å². The quantitative estimate of drug-likeness (QED) is 0.861. The zero-order valence-corrected chi connectivity index (χ0v) is 12.0. The van der Waals surface area contributed by atoms with Gasteiger partial charge in [-0.2, -0.15) is 0 Å². The molecule has 18 heavy (non-hydrogen) atoms. The van der Waals surface area contributed by atoms with Crippen LogP contribution < -0.4 is 10.1 Å². The third kappa shape index (κ3) is 3.26. The lowest BCUT2D eigenvalue weighted by Crippen LogP contribution is -2.32. The number of fused-ring (bicyclic) bond motifs is 1. The molecule has 2 heteroatoms. The Labute approximate surface area is 111 Å². The van der Waals surface area contributed by atoms with E-state index in [-0.39, 0.29) is 0 Å². The Hall–Kier alpha value is -1.02. The smallest absolute Gasteiger partial charge is 0.123 e. The number of ether oxygens (including phenoxy) is 1. The van der Waals surface area contributed by atoms with Crippen LogP contribution in [0.1, 0.15) is 39.2 Å². The van der Waals surface area contributed by atoms with Crippen molar-refractivity contribution in [1.29, 1.82) is 0 Å². The molecule has 1 aliphatic rings. The van der Waals surface area contributed by atoms with Gasteiger partial charge in [0, 0.05) is 12.5 Å². The van der Waals surface area contributed by atoms with Crippen molar-refractivity contribution in [2.75, 3.05) is 7.05 Å². The molecule has 0 spiro atoms. The van der Waals surface area contributed by atoms with Gasteiger partial charge in [-0.25, -0.2) is 0 Å². The Morgan fingerprint density at radius 3 is 2.78 bits per heavy atom. The summed E-state index contributed by atoms with van der Waals surface area (Å²) in [4.78, 5) is 0. The first-order chi connectivity index (χ1) is 8.50. The molecular weight excluding hydrogens is 222 g/mol. The second-order valence-electron chi connectivity index (χ2n) is 6.31. The number of benzene rings is 1. The molecule has 2 rings (SSSR count). The van der Waals surface area contributed by atoms with Crippen LogP contribution in [0.25, 0.3) is 0 Å². The van der Waals surface area contributed by atoms with Gasteiger partial charge in [0.2, 0.25) is 0 Å². The first-order valence-electron chi connectivity index (χ1n) is 6.92. The minimum absolute atomic E-state index is 0.315. The predicted molar refractivity (Wildman–Crippen MR) is 76.1 cm³/mol. The molecule has 1 aromatic rings. The molecule has 100 valence electrons. The fourth-order valence-electron chi connectivity index (χ4n) is 3.00. The Kier molecular flexibility index (Phi) is 3.96. The predicted octanol–water partition coefficient (Wildman–Crippen LogP) is 3.40. The van der Waals surface area contributed by atoms with E-state index in [0.717, 1.165) is 18.6 Å². The Morgan fingerprint density at radius 2 is 2.11 bits per heavy atom. The van der Waals surface area contributed by atoms with Crippen LogP contribution >= 0.6 is 0 Å². The van der Waals surface area contributed by atoms with Crippen LogP contribution in [0.3, 0.4) is 0 Å². The van der Waals surface area contributed by atoms with Gasteiger partial charge in [-0.15, -0.1) is 0 Å². The zero-order valence-electron chi connectivity index (χ0n) is 12.0. The second kappa shape index (κ2) is 5.31. The van der Waals surface area contributed by atoms with E-state index in [4.69, 9.17) is 4.74 Å². The molecule has 0 saturated heterocycles. The SMILES string of the molecule is CNC(C)CC(C)(C)CC1Cc2ccccc2O1. The summed E-state index contributed by atoms with van der Waals surface area (Å²) in [6.45, 7) is 6.92. The van der Waals surface area contributed by atoms with Crippen molar-refractivity contribution in [2.45, 2.75) is 52.2 Å². The third-order valence-corrected chi connectivity index (χ3v) is 3.85. The molecule has 0 saturated carbocycles. The van der Waals surface area contributed by atoms with Gasteiger partial charge >= 0.3 is 0 Å². The van der Waals surface area contributed by atoms with E-state index < -0.39 is 0 Å². The second-order valence-corrected chi connectivity index (χ2v) is 6.31. The molecular formula is C16H25NO. The number of hydrogen-bond donors (Lipinski definition) is 1. The average Bonchev–Trinajstić information content (AvgIpc) is 2.68. The molecule has 2 nitrogen and oxygen atoms in total. The lowest BCUT2D eigenvalue weighted by molar-refractivity contribution is 0.143. The third-order valence-electron chi connectivity index (χ3n) is 3.85. The van der Waals surface area contributed by atoms with Crippen LogP contribution in [-0.2, 0) is 6.42 Å². The molecule has 1 N–H and O–H groups in total. The lowest BCUT2D eigenvalue weighted by Gasteiger charge is -2.30. The number of rotatable bonds is 5. The fraction of sp³-hybridized carbons (Fsp3) is 0.625. The molecule has 0 aromatic heterocycles. The van der Waals surface area contributed by atoms with E-state index in [2.05, 4.69) is 50.4 Å². The molecule has 2 atom stereocenters. The molecule has 0 bridgehead atoms. The minimum atomic E-state index is 0.315. The summed E-state index contributed by atoms with van der Waals surface area (Å²) in [6.07, 6.45) is 3.71. The van der Waals surface area contributed by atoms with Gasteiger partial charge in [0.1, 0.15) is 11.9 Å². The largest absolute Gasteiger partial charge is 0.490 e. The summed E-state index contributed by atoms with van der Waals surface area (Å²) in [6, 6.07) is 8.97. The monoisotopic (exact) mass is 247 g/mol. The number of hydrogen-bond acceptors (Lipinski definition) is 2. The van der Waals surface area contributed by atoms with Gasteiger partial charge in [-0.1, -0.05) is 32.0 Å². The molecule has 0 aliphatic carbocycles. The van der Waals surface area contributed by atoms with Crippen molar-refractivity contribution in [1.82, 2.24) is 5.32 Å². The molecule has 1 aromatic carbocycles. The molecule has 1 aliphatic heterocycles. The van der Waals surface area contributed by atoms with Crippen LogP contribution in [0, 0.1) is 5.41 Å². The maximum absolute atomic E-state index is 6.04. The van der Waals surface area contributed by atoms with Crippen LogP contribution in [0.4, 0.5) is 0 Å². The van der Waals surface area contributed by atoms with Gasteiger partial charge in [-0.05, 0) is 43.9 Å². The van der Waals surface area contributed by atoms with Crippen LogP contribution in [0.15, 0.2) is 24.3 Å². The van der Waals surface area contributed by atoms with Crippen molar-refractivity contribution >= 4 is 0 Å². The fourth-order valence-corrected chi connectivity index (χ4v) is 3.00.